The molecule has 0 bridgehead atoms. The van der Waals surface area contributed by atoms with Gasteiger partial charge in [0.05, 0.1) is 11.7 Å². The maximum absolute atomic E-state index is 13.9. The van der Waals surface area contributed by atoms with Crippen molar-refractivity contribution in [2.24, 2.45) is 29.4 Å². The molecule has 0 aromatic heterocycles. The Bertz CT molecular complexity index is 1650. The first-order chi connectivity index (χ1) is 19.4. The van der Waals surface area contributed by atoms with Crippen molar-refractivity contribution in [1.29, 1.82) is 0 Å². The van der Waals surface area contributed by atoms with E-state index in [0.29, 0.717) is 16.7 Å². The van der Waals surface area contributed by atoms with E-state index >= 15 is 0 Å². The topological polar surface area (TPSA) is 195 Å². The third-order valence-electron chi connectivity index (χ3n) is 9.26. The van der Waals surface area contributed by atoms with Crippen LogP contribution in [0, 0.1) is 23.7 Å². The number of Topliss-reactive ketones (excluding diaryl/α,β-unsaturated/α-hetero) is 2. The molecule has 5 aliphatic carbocycles. The summed E-state index contributed by atoms with van der Waals surface area (Å²) >= 11 is 0. The molecule has 7 atom stereocenters. The Morgan fingerprint density at radius 1 is 1.07 bits per heavy atom. The highest BCUT2D eigenvalue weighted by atomic mass is 16.4. The molecule has 1 fully saturated rings. The zero-order valence-electron chi connectivity index (χ0n) is 21.8. The van der Waals surface area contributed by atoms with Crippen LogP contribution in [-0.2, 0) is 19.2 Å². The smallest absolute Gasteiger partial charge is 0.255 e. The molecule has 2 unspecified atom stereocenters. The monoisotopic (exact) mass is 557 g/mol. The number of allylic oxidation sites excluding steroid dienone is 8. The molecule has 6 rings (SSSR count). The van der Waals surface area contributed by atoms with Gasteiger partial charge in [-0.3, -0.25) is 19.2 Å². The molecular weight excluding hydrogens is 530 g/mol. The Hall–Kier alpha value is -4.54. The van der Waals surface area contributed by atoms with Crippen molar-refractivity contribution < 1.29 is 44.7 Å². The summed E-state index contributed by atoms with van der Waals surface area (Å²) in [6.45, 7) is 1.69. The van der Waals surface area contributed by atoms with Gasteiger partial charge in [-0.2, -0.15) is 0 Å². The lowest BCUT2D eigenvalue weighted by molar-refractivity contribution is -0.160. The maximum Gasteiger partial charge on any atom is 0.255 e. The minimum Gasteiger partial charge on any atom is -0.508 e. The van der Waals surface area contributed by atoms with Gasteiger partial charge >= 0.3 is 0 Å². The summed E-state index contributed by atoms with van der Waals surface area (Å²) in [7, 11) is 0. The second-order valence-electron chi connectivity index (χ2n) is 11.1. The highest BCUT2D eigenvalue weighted by molar-refractivity contribution is 6.23. The summed E-state index contributed by atoms with van der Waals surface area (Å²) in [6, 6.07) is 3.03. The SMILES string of the molecule is C[C@H]1c2c(C3=CC=C(C=O)C4C=CC=CC34)ccc(O)c2C(O)=C2C(=O)[C@]3(O)C(O)=C(C(N)=O)C(=O)C[C@@H]3[C@@H](O)[C@@H]21. The molecular formula is C31H27NO9. The number of aliphatic hydroxyl groups excluding tert-OH is 3. The number of benzene rings is 1. The molecule has 1 aromatic carbocycles. The summed E-state index contributed by atoms with van der Waals surface area (Å²) in [6.07, 6.45) is 9.59. The first-order valence-electron chi connectivity index (χ1n) is 13.2. The number of phenols is 1. The number of nitrogens with two attached hydrogens (primary N) is 1. The Morgan fingerprint density at radius 3 is 2.41 bits per heavy atom. The highest BCUT2D eigenvalue weighted by Gasteiger charge is 2.65. The summed E-state index contributed by atoms with van der Waals surface area (Å²) in [4.78, 5) is 50.2. The summed E-state index contributed by atoms with van der Waals surface area (Å²) in [5, 5.41) is 56.3. The van der Waals surface area contributed by atoms with Crippen molar-refractivity contribution in [2.45, 2.75) is 31.0 Å². The Morgan fingerprint density at radius 2 is 1.76 bits per heavy atom. The van der Waals surface area contributed by atoms with Gasteiger partial charge in [-0.15, -0.1) is 0 Å². The number of fused-ring (bicyclic) bond motifs is 4. The van der Waals surface area contributed by atoms with E-state index in [1.54, 1.807) is 25.1 Å². The number of rotatable bonds is 3. The number of carbonyl (C=O) groups excluding carboxylic acids is 4. The van der Waals surface area contributed by atoms with Crippen molar-refractivity contribution in [2.75, 3.05) is 0 Å². The van der Waals surface area contributed by atoms with Crippen LogP contribution in [0.2, 0.25) is 0 Å². The molecule has 210 valence electrons. The van der Waals surface area contributed by atoms with E-state index in [1.165, 1.54) is 6.07 Å². The molecule has 1 aromatic rings. The molecule has 10 nitrogen and oxygen atoms in total. The zero-order chi connectivity index (χ0) is 29.5. The van der Waals surface area contributed by atoms with Gasteiger partial charge in [0.15, 0.2) is 11.4 Å². The second-order valence-corrected chi connectivity index (χ2v) is 11.1. The molecule has 7 N–H and O–H groups in total. The highest BCUT2D eigenvalue weighted by Crippen LogP contribution is 2.57. The van der Waals surface area contributed by atoms with E-state index in [0.717, 1.165) is 11.9 Å². The van der Waals surface area contributed by atoms with Crippen LogP contribution in [0.15, 0.2) is 71.1 Å². The van der Waals surface area contributed by atoms with Gasteiger partial charge in [0.25, 0.3) is 5.91 Å². The van der Waals surface area contributed by atoms with Crippen LogP contribution in [0.1, 0.15) is 36.0 Å². The molecule has 41 heavy (non-hydrogen) atoms. The standard InChI is InChI=1S/C31H27NO9/c1-12-21-17(16-7-6-13(11-33)14-4-2-3-5-15(14)16)8-9-19(34)23(21)27(37)25-22(12)26(36)18-10-20(35)24(30(32)40)28(38)31(18,41)29(25)39/h2-9,11-12,14-15,18,22,26,34,36-38,41H,10H2,1H3,(H2,32,40)/t12-,14?,15?,18+,22+,26+,31+/m0/s1. The average molecular weight is 558 g/mol. The van der Waals surface area contributed by atoms with E-state index in [-0.39, 0.29) is 23.1 Å². The first kappa shape index (κ1) is 26.7. The third-order valence-corrected chi connectivity index (χ3v) is 9.26. The van der Waals surface area contributed by atoms with Crippen LogP contribution in [0.5, 0.6) is 5.75 Å². The van der Waals surface area contributed by atoms with Crippen LogP contribution >= 0.6 is 0 Å². The number of aromatic hydroxyl groups is 1. The predicted molar refractivity (Wildman–Crippen MR) is 145 cm³/mol. The molecule has 10 heteroatoms. The summed E-state index contributed by atoms with van der Waals surface area (Å²) < 4.78 is 0. The Kier molecular flexibility index (Phi) is 5.84. The normalized spacial score (nSPS) is 33.8. The first-order valence-corrected chi connectivity index (χ1v) is 13.2. The minimum atomic E-state index is -2.89. The van der Waals surface area contributed by atoms with Gasteiger partial charge in [-0.25, -0.2) is 0 Å². The van der Waals surface area contributed by atoms with Crippen LogP contribution in [0.4, 0.5) is 0 Å². The Balaban J connectivity index is 1.58. The number of carbonyl (C=O) groups is 4. The fourth-order valence-corrected chi connectivity index (χ4v) is 7.35. The minimum absolute atomic E-state index is 0.0766. The maximum atomic E-state index is 13.9. The summed E-state index contributed by atoms with van der Waals surface area (Å²) in [5.41, 5.74) is 3.31. The number of aliphatic hydroxyl groups is 4. The fourth-order valence-electron chi connectivity index (χ4n) is 7.35. The lowest BCUT2D eigenvalue weighted by atomic mass is 9.55. The third kappa shape index (κ3) is 3.37. The average Bonchev–Trinajstić information content (AvgIpc) is 2.94. The van der Waals surface area contributed by atoms with Crippen LogP contribution in [0.3, 0.4) is 0 Å². The number of phenolic OH excluding ortho intramolecular Hbond substituents is 1. The molecule has 0 aliphatic heterocycles. The van der Waals surface area contributed by atoms with E-state index in [2.05, 4.69) is 0 Å². The molecule has 0 heterocycles. The van der Waals surface area contributed by atoms with Crippen LogP contribution in [-0.4, -0.2) is 61.0 Å². The van der Waals surface area contributed by atoms with E-state index in [1.807, 2.05) is 24.3 Å². The van der Waals surface area contributed by atoms with Crippen molar-refractivity contribution in [3.8, 4) is 5.75 Å². The number of hydrogen-bond acceptors (Lipinski definition) is 9. The molecule has 1 saturated carbocycles. The number of primary amides is 1. The number of amides is 1. The van der Waals surface area contributed by atoms with Gasteiger partial charge in [-0.1, -0.05) is 49.4 Å². The van der Waals surface area contributed by atoms with Gasteiger partial charge in [0.1, 0.15) is 29.1 Å². The van der Waals surface area contributed by atoms with Crippen molar-refractivity contribution >= 4 is 35.1 Å². The zero-order valence-corrected chi connectivity index (χ0v) is 21.8. The molecule has 0 radical (unpaired) electrons. The van der Waals surface area contributed by atoms with E-state index in [4.69, 9.17) is 5.73 Å². The van der Waals surface area contributed by atoms with Crippen molar-refractivity contribution in [1.82, 2.24) is 0 Å². The molecule has 5 aliphatic rings. The largest absolute Gasteiger partial charge is 0.508 e. The van der Waals surface area contributed by atoms with Crippen molar-refractivity contribution in [3.63, 3.8) is 0 Å². The number of hydrogen-bond donors (Lipinski definition) is 6. The quantitative estimate of drug-likeness (QED) is 0.237. The van der Waals surface area contributed by atoms with Gasteiger partial charge in [0, 0.05) is 35.7 Å². The lowest BCUT2D eigenvalue weighted by Crippen LogP contribution is -2.64. The number of aldehydes is 1. The van der Waals surface area contributed by atoms with Crippen molar-refractivity contribution in [3.05, 3.63) is 87.8 Å². The lowest BCUT2D eigenvalue weighted by Gasteiger charge is -2.50. The second kappa shape index (κ2) is 8.98. The molecule has 0 saturated heterocycles. The molecule has 1 amide bonds. The van der Waals surface area contributed by atoms with Gasteiger partial charge < -0.3 is 31.3 Å². The van der Waals surface area contributed by atoms with Crippen LogP contribution < -0.4 is 5.73 Å². The number of ketones is 2. The van der Waals surface area contributed by atoms with E-state index < -0.39 is 76.0 Å². The van der Waals surface area contributed by atoms with E-state index in [9.17, 15) is 44.7 Å². The fraction of sp³-hybridized carbons (Fsp3) is 0.290. The van der Waals surface area contributed by atoms with Gasteiger partial charge in [-0.05, 0) is 34.3 Å². The molecule has 0 spiro atoms. The predicted octanol–water partition coefficient (Wildman–Crippen LogP) is 1.84. The van der Waals surface area contributed by atoms with Crippen LogP contribution in [0.25, 0.3) is 11.3 Å². The van der Waals surface area contributed by atoms with Gasteiger partial charge in [0.2, 0.25) is 5.78 Å². The Labute approximate surface area is 233 Å². The summed E-state index contributed by atoms with van der Waals surface area (Å²) in [5.74, 6) is -9.67.